The summed E-state index contributed by atoms with van der Waals surface area (Å²) in [5.74, 6) is 1.07. The van der Waals surface area contributed by atoms with Crippen LogP contribution in [0, 0.1) is 5.92 Å². The molecule has 2 bridgehead atoms. The molecular weight excluding hydrogens is 352 g/mol. The molecule has 0 N–H and O–H groups in total. The van der Waals surface area contributed by atoms with Crippen molar-refractivity contribution in [2.24, 2.45) is 5.92 Å². The Morgan fingerprint density at radius 2 is 1.80 bits per heavy atom. The minimum atomic E-state index is 0.969. The van der Waals surface area contributed by atoms with Crippen LogP contribution in [-0.2, 0) is 0 Å². The van der Waals surface area contributed by atoms with E-state index in [2.05, 4.69) is 45.5 Å². The molecule has 0 spiro atoms. The fourth-order valence-corrected chi connectivity index (χ4v) is 5.26. The van der Waals surface area contributed by atoms with Crippen molar-refractivity contribution in [3.63, 3.8) is 0 Å². The van der Waals surface area contributed by atoms with Crippen LogP contribution in [0.25, 0.3) is 0 Å². The summed E-state index contributed by atoms with van der Waals surface area (Å²) in [5.41, 5.74) is 0. The van der Waals surface area contributed by atoms with Crippen molar-refractivity contribution in [1.82, 2.24) is 0 Å². The van der Waals surface area contributed by atoms with E-state index in [1.54, 1.807) is 0 Å². The molecule has 3 heterocycles. The summed E-state index contributed by atoms with van der Waals surface area (Å²) in [6.45, 7) is 4.29. The second-order valence-corrected chi connectivity index (χ2v) is 7.16. The van der Waals surface area contributed by atoms with Gasteiger partial charge in [0.05, 0.1) is 23.6 Å². The highest BCUT2D eigenvalue weighted by Crippen LogP contribution is 2.40. The van der Waals surface area contributed by atoms with Gasteiger partial charge >= 0.3 is 0 Å². The highest BCUT2D eigenvalue weighted by atomic mass is 127. The van der Waals surface area contributed by atoms with Gasteiger partial charge in [-0.25, -0.2) is 0 Å². The molecule has 3 aliphatic heterocycles. The zero-order valence-electron chi connectivity index (χ0n) is 5.89. The van der Waals surface area contributed by atoms with E-state index < -0.39 is 0 Å². The molecule has 58 valence electrons. The lowest BCUT2D eigenvalue weighted by Crippen LogP contribution is -2.55. The smallest absolute Gasteiger partial charge is 0.248 e. The molecule has 0 aromatic heterocycles. The van der Waals surface area contributed by atoms with Crippen LogP contribution >= 0.6 is 45.5 Å². The summed E-state index contributed by atoms with van der Waals surface area (Å²) < 4.78 is 2.30. The highest BCUT2D eigenvalue weighted by Gasteiger charge is 2.43. The van der Waals surface area contributed by atoms with Crippen molar-refractivity contribution >= 4 is 45.5 Å². The van der Waals surface area contributed by atoms with Crippen LogP contribution < -0.4 is 0 Å². The molecule has 3 rings (SSSR count). The number of nitrogens with zero attached hydrogens (tertiary/aromatic N) is 1. The highest BCUT2D eigenvalue weighted by molar-refractivity contribution is 14.1. The number of alkyl halides is 1. The second kappa shape index (κ2) is 2.73. The number of halogens is 2. The van der Waals surface area contributed by atoms with Crippen molar-refractivity contribution in [2.75, 3.05) is 19.6 Å². The van der Waals surface area contributed by atoms with Gasteiger partial charge in [-0.2, -0.15) is 0 Å². The van der Waals surface area contributed by atoms with Crippen molar-refractivity contribution in [2.45, 2.75) is 16.8 Å². The first kappa shape index (κ1) is 8.04. The molecule has 0 amide bonds. The third kappa shape index (κ3) is 1.33. The van der Waals surface area contributed by atoms with Crippen LogP contribution in [0.2, 0.25) is 0 Å². The molecule has 0 unspecified atom stereocenters. The maximum atomic E-state index is 2.64. The van der Waals surface area contributed by atoms with Crippen molar-refractivity contribution in [3.8, 4) is 0 Å². The van der Waals surface area contributed by atoms with Gasteiger partial charge in [-0.05, 0) is 5.92 Å². The lowest BCUT2D eigenvalue weighted by molar-refractivity contribution is -0.772. The van der Waals surface area contributed by atoms with E-state index in [9.17, 15) is 0 Å². The van der Waals surface area contributed by atoms with Gasteiger partial charge < -0.3 is 0 Å². The van der Waals surface area contributed by atoms with Gasteiger partial charge in [0.15, 0.2) is 0 Å². The van der Waals surface area contributed by atoms with Crippen molar-refractivity contribution in [1.29, 1.82) is 0 Å². The van der Waals surface area contributed by atoms with Crippen LogP contribution in [0.1, 0.15) is 12.8 Å². The Hall–Kier alpha value is 1.42. The van der Waals surface area contributed by atoms with E-state index in [1.165, 1.54) is 35.2 Å². The first-order chi connectivity index (χ1) is 4.70. The summed E-state index contributed by atoms with van der Waals surface area (Å²) in [6, 6.07) is 0. The fraction of sp³-hybridized carbons (Fsp3) is 1.00. The minimum Gasteiger partial charge on any atom is -0.266 e. The van der Waals surface area contributed by atoms with Gasteiger partial charge in [-0.15, -0.1) is 0 Å². The van der Waals surface area contributed by atoms with Crippen molar-refractivity contribution in [3.05, 3.63) is 0 Å². The topological polar surface area (TPSA) is 0 Å². The van der Waals surface area contributed by atoms with Gasteiger partial charge in [0, 0.05) is 12.8 Å². The first-order valence-electron chi connectivity index (χ1n) is 3.89. The molecule has 10 heavy (non-hydrogen) atoms. The van der Waals surface area contributed by atoms with E-state index in [1.807, 2.05) is 0 Å². The molecule has 1 nitrogen and oxygen atoms in total. The Balaban J connectivity index is 2.14. The zero-order chi connectivity index (χ0) is 7.19. The van der Waals surface area contributed by atoms with Crippen LogP contribution in [0.5, 0.6) is 0 Å². The monoisotopic (exact) mass is 364 g/mol. The summed E-state index contributed by atoms with van der Waals surface area (Å²) in [5, 5.41) is 0. The van der Waals surface area contributed by atoms with Crippen LogP contribution in [0.4, 0.5) is 0 Å². The number of quaternary nitrogens is 1. The summed E-state index contributed by atoms with van der Waals surface area (Å²) in [7, 11) is 0. The molecule has 3 aliphatic rings. The molecule has 3 heteroatoms. The van der Waals surface area contributed by atoms with Gasteiger partial charge in [-0.3, -0.25) is 2.70 Å². The third-order valence-electron chi connectivity index (χ3n) is 2.81. The van der Waals surface area contributed by atoms with Crippen LogP contribution in [0.3, 0.4) is 0 Å². The molecule has 0 aromatic carbocycles. The Bertz CT molecular complexity index is 141. The van der Waals surface area contributed by atoms with Crippen LogP contribution in [-0.4, -0.2) is 26.3 Å². The molecule has 0 saturated carbocycles. The van der Waals surface area contributed by atoms with Crippen LogP contribution in [0.15, 0.2) is 0 Å². The average molecular weight is 364 g/mol. The Morgan fingerprint density at radius 3 is 2.10 bits per heavy atom. The number of fused-ring (bicyclic) bond motifs is 3. The van der Waals surface area contributed by atoms with E-state index in [4.69, 9.17) is 0 Å². The minimum absolute atomic E-state index is 0.969. The Kier molecular flexibility index (Phi) is 2.19. The SMILES string of the molecule is I[C@@H]1C[N+]2(I)CCC1CC2. The standard InChI is InChI=1S/C7H12I2N/c8-7-5-10(9)3-1-6(7)2-4-10/h6-7H,1-5H2/q+1/t6?,7-,10?/m1/s1. The van der Waals surface area contributed by atoms with Crippen molar-refractivity contribution < 1.29 is 2.70 Å². The summed E-state index contributed by atoms with van der Waals surface area (Å²) >= 11 is 5.28. The fourth-order valence-electron chi connectivity index (χ4n) is 2.06. The zero-order valence-corrected chi connectivity index (χ0v) is 10.2. The lowest BCUT2D eigenvalue weighted by atomic mass is 9.88. The molecule has 3 saturated heterocycles. The number of hydrogen-bond donors (Lipinski definition) is 0. The molecule has 0 aromatic rings. The molecule has 1 atom stereocenters. The van der Waals surface area contributed by atoms with E-state index in [-0.39, 0.29) is 0 Å². The predicted octanol–water partition coefficient (Wildman–Crippen LogP) is 2.38. The third-order valence-corrected chi connectivity index (χ3v) is 5.58. The Labute approximate surface area is 89.8 Å². The largest absolute Gasteiger partial charge is 0.266 e. The van der Waals surface area contributed by atoms with E-state index >= 15 is 0 Å². The summed E-state index contributed by atoms with van der Waals surface area (Å²) in [4.78, 5) is 0. The average Bonchev–Trinajstić information content (AvgIpc) is 1.87. The molecule has 3 fully saturated rings. The maximum absolute atomic E-state index is 2.64. The number of rotatable bonds is 0. The van der Waals surface area contributed by atoms with Gasteiger partial charge in [0.25, 0.3) is 0 Å². The predicted molar refractivity (Wildman–Crippen MR) is 59.4 cm³/mol. The first-order valence-corrected chi connectivity index (χ1v) is 6.10. The van der Waals surface area contributed by atoms with Gasteiger partial charge in [0.2, 0.25) is 22.9 Å². The lowest BCUT2D eigenvalue weighted by Gasteiger charge is -2.46. The number of hydrogen-bond acceptors (Lipinski definition) is 0. The molecular formula is C7H12I2N+. The summed E-state index contributed by atoms with van der Waals surface area (Å²) in [6.07, 6.45) is 2.97. The van der Waals surface area contributed by atoms with E-state index in [0.29, 0.717) is 0 Å². The Morgan fingerprint density at radius 1 is 1.20 bits per heavy atom. The van der Waals surface area contributed by atoms with Gasteiger partial charge in [0.1, 0.15) is 0 Å². The molecule has 0 radical (unpaired) electrons. The molecule has 0 aliphatic carbocycles. The maximum Gasteiger partial charge on any atom is 0.248 e. The normalized spacial score (nSPS) is 53.4. The van der Waals surface area contributed by atoms with Gasteiger partial charge in [-0.1, -0.05) is 22.6 Å². The van der Waals surface area contributed by atoms with E-state index in [0.717, 1.165) is 9.84 Å². The second-order valence-electron chi connectivity index (χ2n) is 3.51. The number of piperidine rings is 3. The quantitative estimate of drug-likeness (QED) is 0.352.